The van der Waals surface area contributed by atoms with E-state index in [0.717, 1.165) is 28.0 Å². The fraction of sp³-hybridized carbons (Fsp3) is 0.176. The molecule has 1 aliphatic rings. The van der Waals surface area contributed by atoms with Crippen molar-refractivity contribution in [1.29, 1.82) is 0 Å². The van der Waals surface area contributed by atoms with Gasteiger partial charge in [-0.15, -0.1) is 0 Å². The maximum absolute atomic E-state index is 11.7. The topological polar surface area (TPSA) is 55.6 Å². The summed E-state index contributed by atoms with van der Waals surface area (Å²) in [5.41, 5.74) is 3.05. The molecule has 1 aromatic carbocycles. The molecule has 0 unspecified atom stereocenters. The number of ether oxygens (including phenoxy) is 1. The molecule has 0 bridgehead atoms. The molecule has 0 spiro atoms. The van der Waals surface area contributed by atoms with E-state index in [1.54, 1.807) is 12.4 Å². The van der Waals surface area contributed by atoms with Crippen LogP contribution in [0.3, 0.4) is 0 Å². The number of hydrogen-bond donors (Lipinski definition) is 0. The van der Waals surface area contributed by atoms with E-state index in [9.17, 15) is 4.79 Å². The zero-order valence-corrected chi connectivity index (χ0v) is 12.1. The second-order valence-corrected chi connectivity index (χ2v) is 5.35. The summed E-state index contributed by atoms with van der Waals surface area (Å²) in [6.07, 6.45) is 3.53. The minimum Gasteiger partial charge on any atom is -0.473 e. The minimum absolute atomic E-state index is 0.336. The monoisotopic (exact) mass is 294 g/mol. The van der Waals surface area contributed by atoms with Crippen LogP contribution in [0.2, 0.25) is 0 Å². The van der Waals surface area contributed by atoms with Gasteiger partial charge in [-0.1, -0.05) is 0 Å². The Bertz CT molecular complexity index is 903. The van der Waals surface area contributed by atoms with E-state index in [4.69, 9.17) is 9.15 Å². The van der Waals surface area contributed by atoms with E-state index in [2.05, 4.69) is 9.88 Å². The van der Waals surface area contributed by atoms with Gasteiger partial charge in [0, 0.05) is 17.6 Å². The quantitative estimate of drug-likeness (QED) is 0.646. The normalized spacial score (nSPS) is 13.8. The van der Waals surface area contributed by atoms with Crippen LogP contribution < -0.4 is 15.3 Å². The molecule has 0 aliphatic carbocycles. The Morgan fingerprint density at radius 3 is 3.00 bits per heavy atom. The number of aromatic nitrogens is 1. The first kappa shape index (κ1) is 12.9. The van der Waals surface area contributed by atoms with Crippen LogP contribution in [-0.2, 0) is 6.54 Å². The highest BCUT2D eigenvalue weighted by molar-refractivity contribution is 5.85. The summed E-state index contributed by atoms with van der Waals surface area (Å²) < 4.78 is 11.3. The molecule has 0 fully saturated rings. The highest BCUT2D eigenvalue weighted by Crippen LogP contribution is 2.34. The lowest BCUT2D eigenvalue weighted by Gasteiger charge is -2.30. The first-order valence-corrected chi connectivity index (χ1v) is 7.06. The Kier molecular flexibility index (Phi) is 2.85. The molecule has 1 aliphatic heterocycles. The van der Waals surface area contributed by atoms with Gasteiger partial charge in [0.2, 0.25) is 0 Å². The van der Waals surface area contributed by atoms with Gasteiger partial charge in [0.1, 0.15) is 11.3 Å². The first-order valence-electron chi connectivity index (χ1n) is 7.06. The highest BCUT2D eigenvalue weighted by atomic mass is 16.5. The smallest absolute Gasteiger partial charge is 0.336 e. The Balaban J connectivity index is 1.86. The third kappa shape index (κ3) is 2.02. The van der Waals surface area contributed by atoms with Gasteiger partial charge < -0.3 is 14.1 Å². The lowest BCUT2D eigenvalue weighted by molar-refractivity contribution is 0.289. The van der Waals surface area contributed by atoms with Crippen LogP contribution in [0.5, 0.6) is 5.75 Å². The van der Waals surface area contributed by atoms with Crippen molar-refractivity contribution in [2.24, 2.45) is 0 Å². The van der Waals surface area contributed by atoms with Crippen molar-refractivity contribution in [3.63, 3.8) is 0 Å². The van der Waals surface area contributed by atoms with Gasteiger partial charge in [-0.3, -0.25) is 4.98 Å². The van der Waals surface area contributed by atoms with Crippen molar-refractivity contribution in [3.05, 3.63) is 64.3 Å². The fourth-order valence-corrected chi connectivity index (χ4v) is 2.80. The van der Waals surface area contributed by atoms with E-state index in [0.29, 0.717) is 18.9 Å². The van der Waals surface area contributed by atoms with Crippen LogP contribution in [0, 0.1) is 6.92 Å². The van der Waals surface area contributed by atoms with Gasteiger partial charge in [-0.2, -0.15) is 0 Å². The van der Waals surface area contributed by atoms with Crippen molar-refractivity contribution in [2.45, 2.75) is 13.5 Å². The number of benzene rings is 1. The molecule has 4 rings (SSSR count). The molecule has 22 heavy (non-hydrogen) atoms. The number of nitrogens with zero attached hydrogens (tertiary/aromatic N) is 2. The molecule has 0 atom stereocenters. The van der Waals surface area contributed by atoms with Gasteiger partial charge in [0.25, 0.3) is 0 Å². The van der Waals surface area contributed by atoms with Crippen molar-refractivity contribution < 1.29 is 9.15 Å². The van der Waals surface area contributed by atoms with Gasteiger partial charge in [0.05, 0.1) is 24.0 Å². The SMILES string of the molecule is Cc1cc(=O)oc2c3c(ccc12)OCN(c1cccnc1)C3. The van der Waals surface area contributed by atoms with E-state index in [1.807, 2.05) is 31.2 Å². The van der Waals surface area contributed by atoms with Crippen LogP contribution in [-0.4, -0.2) is 11.7 Å². The summed E-state index contributed by atoms with van der Waals surface area (Å²) in [5.74, 6) is 0.765. The molecule has 0 saturated heterocycles. The molecule has 5 nitrogen and oxygen atoms in total. The Hall–Kier alpha value is -2.82. The molecule has 0 N–H and O–H groups in total. The Morgan fingerprint density at radius 2 is 2.18 bits per heavy atom. The number of aryl methyl sites for hydroxylation is 1. The van der Waals surface area contributed by atoms with E-state index in [1.165, 1.54) is 6.07 Å². The highest BCUT2D eigenvalue weighted by Gasteiger charge is 2.22. The average Bonchev–Trinajstić information content (AvgIpc) is 2.55. The minimum atomic E-state index is -0.336. The first-order chi connectivity index (χ1) is 10.7. The molecule has 0 saturated carbocycles. The predicted octanol–water partition coefficient (Wildman–Crippen LogP) is 2.85. The lowest BCUT2D eigenvalue weighted by atomic mass is 10.0. The summed E-state index contributed by atoms with van der Waals surface area (Å²) in [6.45, 7) is 2.97. The fourth-order valence-electron chi connectivity index (χ4n) is 2.80. The number of anilines is 1. The zero-order valence-electron chi connectivity index (χ0n) is 12.1. The van der Waals surface area contributed by atoms with E-state index in [-0.39, 0.29) is 5.63 Å². The molecule has 2 aromatic heterocycles. The summed E-state index contributed by atoms with van der Waals surface area (Å²) >= 11 is 0. The lowest BCUT2D eigenvalue weighted by Crippen LogP contribution is -2.32. The number of fused-ring (bicyclic) bond motifs is 3. The third-order valence-electron chi connectivity index (χ3n) is 3.92. The van der Waals surface area contributed by atoms with Crippen LogP contribution in [0.25, 0.3) is 11.0 Å². The number of rotatable bonds is 1. The number of hydrogen-bond acceptors (Lipinski definition) is 5. The van der Waals surface area contributed by atoms with Gasteiger partial charge in [-0.25, -0.2) is 4.79 Å². The van der Waals surface area contributed by atoms with Crippen LogP contribution in [0.15, 0.2) is 51.9 Å². The molecular formula is C17H14N2O3. The van der Waals surface area contributed by atoms with Crippen LogP contribution >= 0.6 is 0 Å². The molecule has 3 heterocycles. The average molecular weight is 294 g/mol. The van der Waals surface area contributed by atoms with Crippen molar-refractivity contribution in [2.75, 3.05) is 11.6 Å². The zero-order chi connectivity index (χ0) is 15.1. The molecule has 3 aromatic rings. The van der Waals surface area contributed by atoms with Crippen molar-refractivity contribution >= 4 is 16.7 Å². The van der Waals surface area contributed by atoms with E-state index < -0.39 is 0 Å². The molecular weight excluding hydrogens is 280 g/mol. The summed E-state index contributed by atoms with van der Waals surface area (Å²) in [4.78, 5) is 17.9. The summed E-state index contributed by atoms with van der Waals surface area (Å²) in [6, 6.07) is 9.25. The van der Waals surface area contributed by atoms with E-state index >= 15 is 0 Å². The summed E-state index contributed by atoms with van der Waals surface area (Å²) in [7, 11) is 0. The van der Waals surface area contributed by atoms with Crippen LogP contribution in [0.1, 0.15) is 11.1 Å². The maximum Gasteiger partial charge on any atom is 0.336 e. The molecule has 5 heteroatoms. The second-order valence-electron chi connectivity index (χ2n) is 5.35. The molecule has 110 valence electrons. The molecule has 0 amide bonds. The largest absolute Gasteiger partial charge is 0.473 e. The van der Waals surface area contributed by atoms with Crippen molar-refractivity contribution in [1.82, 2.24) is 4.98 Å². The Labute approximate surface area is 126 Å². The van der Waals surface area contributed by atoms with Gasteiger partial charge in [-0.05, 0) is 36.8 Å². The predicted molar refractivity (Wildman–Crippen MR) is 83.1 cm³/mol. The second kappa shape index (κ2) is 4.87. The van der Waals surface area contributed by atoms with Crippen molar-refractivity contribution in [3.8, 4) is 5.75 Å². The van der Waals surface area contributed by atoms with Gasteiger partial charge >= 0.3 is 5.63 Å². The third-order valence-corrected chi connectivity index (χ3v) is 3.92. The van der Waals surface area contributed by atoms with Gasteiger partial charge in [0.15, 0.2) is 6.73 Å². The number of pyridine rings is 1. The summed E-state index contributed by atoms with van der Waals surface area (Å²) in [5, 5.41) is 0.940. The standard InChI is InChI=1S/C17H14N2O3/c1-11-7-16(20)22-17-13(11)4-5-15-14(17)9-19(10-21-15)12-3-2-6-18-8-12/h2-8H,9-10H2,1H3. The molecule has 0 radical (unpaired) electrons. The Morgan fingerprint density at radius 1 is 1.27 bits per heavy atom. The van der Waals surface area contributed by atoms with Crippen LogP contribution in [0.4, 0.5) is 5.69 Å². The maximum atomic E-state index is 11.7.